The predicted octanol–water partition coefficient (Wildman–Crippen LogP) is 1.97. The van der Waals surface area contributed by atoms with Crippen molar-refractivity contribution in [3.05, 3.63) is 24.4 Å². The van der Waals surface area contributed by atoms with Crippen LogP contribution in [-0.4, -0.2) is 42.1 Å². The Balaban J connectivity index is 1.96. The molecule has 0 saturated carbocycles. The van der Waals surface area contributed by atoms with Gasteiger partial charge >= 0.3 is 18.0 Å². The fourth-order valence-corrected chi connectivity index (χ4v) is 2.03. The second-order valence-electron chi connectivity index (χ2n) is 4.67. The molecule has 0 spiro atoms. The maximum absolute atomic E-state index is 12.8. The number of hydrogen-bond acceptors (Lipinski definition) is 3. The number of amides is 1. The molecule has 2 rings (SSSR count). The Morgan fingerprint density at radius 3 is 2.57 bits per heavy atom. The van der Waals surface area contributed by atoms with E-state index in [1.165, 1.54) is 0 Å². The van der Waals surface area contributed by atoms with Crippen molar-refractivity contribution in [2.24, 2.45) is 0 Å². The van der Waals surface area contributed by atoms with Gasteiger partial charge in [-0.3, -0.25) is 4.79 Å². The molecule has 0 bridgehead atoms. The number of anilines is 1. The fraction of sp³-hybridized carbons (Fsp3) is 0.500. The van der Waals surface area contributed by atoms with E-state index < -0.39 is 24.0 Å². The van der Waals surface area contributed by atoms with Crippen molar-refractivity contribution in [2.45, 2.75) is 24.6 Å². The lowest BCUT2D eigenvalue weighted by Crippen LogP contribution is -2.53. The van der Waals surface area contributed by atoms with Gasteiger partial charge in [0.25, 0.3) is 0 Å². The fourth-order valence-electron chi connectivity index (χ4n) is 2.03. The summed E-state index contributed by atoms with van der Waals surface area (Å²) < 4.78 is 61.9. The number of pyridine rings is 1. The zero-order valence-corrected chi connectivity index (χ0v) is 10.7. The number of hydrogen-bond donors (Lipinski definition) is 1. The lowest BCUT2D eigenvalue weighted by molar-refractivity contribution is -0.270. The summed E-state index contributed by atoms with van der Waals surface area (Å²) in [4.78, 5) is 16.8. The summed E-state index contributed by atoms with van der Waals surface area (Å²) in [6.07, 6.45) is -4.08. The van der Waals surface area contributed by atoms with Crippen LogP contribution in [-0.2, 0) is 4.79 Å². The van der Waals surface area contributed by atoms with Crippen LogP contribution in [0.4, 0.5) is 27.8 Å². The summed E-state index contributed by atoms with van der Waals surface area (Å²) in [5, 5.41) is 1.75. The number of nitrogens with one attached hydrogen (secondary N) is 1. The third-order valence-electron chi connectivity index (χ3n) is 3.14. The Hall–Kier alpha value is -1.93. The summed E-state index contributed by atoms with van der Waals surface area (Å²) in [5.74, 6) is -7.12. The van der Waals surface area contributed by atoms with Crippen LogP contribution in [0, 0.1) is 0 Å². The molecule has 1 saturated heterocycles. The second kappa shape index (κ2) is 5.45. The lowest BCUT2D eigenvalue weighted by atomic mass is 10.2. The molecule has 0 aromatic carbocycles. The number of halogens is 5. The van der Waals surface area contributed by atoms with Gasteiger partial charge in [-0.2, -0.15) is 22.0 Å². The highest BCUT2D eigenvalue weighted by Gasteiger charge is 2.63. The van der Waals surface area contributed by atoms with Gasteiger partial charge in [-0.05, 0) is 18.6 Å². The van der Waals surface area contributed by atoms with Crippen LogP contribution < -0.4 is 10.2 Å². The third-order valence-corrected chi connectivity index (χ3v) is 3.14. The number of rotatable bonds is 3. The van der Waals surface area contributed by atoms with Crippen LogP contribution in [0.1, 0.15) is 6.42 Å². The smallest absolute Gasteiger partial charge is 0.354 e. The molecule has 1 aliphatic rings. The Bertz CT molecular complexity index is 505. The molecule has 9 heteroatoms. The minimum atomic E-state index is -5.89. The van der Waals surface area contributed by atoms with Crippen LogP contribution in [0.2, 0.25) is 0 Å². The van der Waals surface area contributed by atoms with Crippen molar-refractivity contribution in [2.75, 3.05) is 18.0 Å². The molecule has 1 unspecified atom stereocenters. The van der Waals surface area contributed by atoms with Crippen LogP contribution in [0.3, 0.4) is 0 Å². The van der Waals surface area contributed by atoms with Crippen LogP contribution in [0.5, 0.6) is 0 Å². The maximum atomic E-state index is 12.8. The monoisotopic (exact) mass is 309 g/mol. The van der Waals surface area contributed by atoms with Gasteiger partial charge in [0.2, 0.25) is 0 Å². The van der Waals surface area contributed by atoms with E-state index in [1.807, 2.05) is 0 Å². The topological polar surface area (TPSA) is 45.2 Å². The van der Waals surface area contributed by atoms with Gasteiger partial charge in [-0.1, -0.05) is 6.07 Å². The van der Waals surface area contributed by atoms with Crippen molar-refractivity contribution >= 4 is 11.7 Å². The van der Waals surface area contributed by atoms with Gasteiger partial charge in [0.05, 0.1) is 0 Å². The SMILES string of the molecule is O=C(NC1CCN(c2ccccn2)C1)C(F)(F)C(F)(F)F. The van der Waals surface area contributed by atoms with Gasteiger partial charge in [-0.25, -0.2) is 4.98 Å². The Morgan fingerprint density at radius 2 is 2.00 bits per heavy atom. The summed E-state index contributed by atoms with van der Waals surface area (Å²) in [7, 11) is 0. The molecule has 1 amide bonds. The molecule has 1 N–H and O–H groups in total. The number of carbonyl (C=O) groups excluding carboxylic acids is 1. The van der Waals surface area contributed by atoms with E-state index in [0.29, 0.717) is 12.4 Å². The van der Waals surface area contributed by atoms with Crippen molar-refractivity contribution < 1.29 is 26.7 Å². The molecule has 1 aromatic heterocycles. The van der Waals surface area contributed by atoms with Crippen LogP contribution in [0.25, 0.3) is 0 Å². The van der Waals surface area contributed by atoms with Crippen LogP contribution >= 0.6 is 0 Å². The summed E-state index contributed by atoms with van der Waals surface area (Å²) >= 11 is 0. The van der Waals surface area contributed by atoms with E-state index in [9.17, 15) is 26.7 Å². The zero-order valence-electron chi connectivity index (χ0n) is 10.7. The highest BCUT2D eigenvalue weighted by molar-refractivity contribution is 5.84. The first kappa shape index (κ1) is 15.5. The predicted molar refractivity (Wildman–Crippen MR) is 64.0 cm³/mol. The van der Waals surface area contributed by atoms with E-state index in [2.05, 4.69) is 4.98 Å². The minimum absolute atomic E-state index is 0.136. The third kappa shape index (κ3) is 3.22. The summed E-state index contributed by atoms with van der Waals surface area (Å²) in [5.41, 5.74) is 0. The Labute approximate surface area is 116 Å². The van der Waals surface area contributed by atoms with Gasteiger partial charge < -0.3 is 10.2 Å². The van der Waals surface area contributed by atoms with Crippen molar-refractivity contribution in [3.8, 4) is 0 Å². The summed E-state index contributed by atoms with van der Waals surface area (Å²) in [6.45, 7) is 0.552. The Kier molecular flexibility index (Phi) is 4.02. The van der Waals surface area contributed by atoms with Crippen molar-refractivity contribution in [1.29, 1.82) is 0 Å². The average molecular weight is 309 g/mol. The molecule has 0 radical (unpaired) electrons. The van der Waals surface area contributed by atoms with E-state index in [4.69, 9.17) is 0 Å². The first-order valence-corrected chi connectivity index (χ1v) is 6.13. The van der Waals surface area contributed by atoms with Gasteiger partial charge in [0.15, 0.2) is 0 Å². The molecule has 0 aliphatic carbocycles. The molecule has 1 fully saturated rings. The lowest BCUT2D eigenvalue weighted by Gasteiger charge is -2.22. The second-order valence-corrected chi connectivity index (χ2v) is 4.67. The molecule has 1 aromatic rings. The van der Waals surface area contributed by atoms with Crippen LogP contribution in [0.15, 0.2) is 24.4 Å². The highest BCUT2D eigenvalue weighted by atomic mass is 19.4. The number of nitrogens with zero attached hydrogens (tertiary/aromatic N) is 2. The molecule has 2 heterocycles. The van der Waals surface area contributed by atoms with Gasteiger partial charge in [0, 0.05) is 25.3 Å². The number of carbonyl (C=O) groups is 1. The molecule has 116 valence electrons. The molecule has 21 heavy (non-hydrogen) atoms. The number of aromatic nitrogens is 1. The molecule has 1 aliphatic heterocycles. The molecular weight excluding hydrogens is 297 g/mol. The number of alkyl halides is 5. The van der Waals surface area contributed by atoms with Crippen molar-refractivity contribution in [1.82, 2.24) is 10.3 Å². The molecular formula is C12H12F5N3O. The van der Waals surface area contributed by atoms with E-state index >= 15 is 0 Å². The quantitative estimate of drug-likeness (QED) is 0.868. The molecule has 4 nitrogen and oxygen atoms in total. The normalized spacial score (nSPS) is 19.7. The summed E-state index contributed by atoms with van der Waals surface area (Å²) in [6, 6.07) is 4.34. The first-order valence-electron chi connectivity index (χ1n) is 6.13. The first-order chi connectivity index (χ1) is 9.72. The Morgan fingerprint density at radius 1 is 1.29 bits per heavy atom. The van der Waals surface area contributed by atoms with Crippen molar-refractivity contribution in [3.63, 3.8) is 0 Å². The minimum Gasteiger partial charge on any atom is -0.354 e. The van der Waals surface area contributed by atoms with E-state index in [1.54, 1.807) is 34.6 Å². The zero-order chi connectivity index (χ0) is 15.7. The highest BCUT2D eigenvalue weighted by Crippen LogP contribution is 2.35. The van der Waals surface area contributed by atoms with Gasteiger partial charge in [-0.15, -0.1) is 0 Å². The molecule has 1 atom stereocenters. The standard InChI is InChI=1S/C12H12F5N3O/c13-11(14,12(15,16)17)10(21)19-8-4-6-20(7-8)9-3-1-2-5-18-9/h1-3,5,8H,4,6-7H2,(H,19,21). The van der Waals surface area contributed by atoms with E-state index in [-0.39, 0.29) is 13.0 Å². The maximum Gasteiger partial charge on any atom is 0.463 e. The average Bonchev–Trinajstić information content (AvgIpc) is 2.87. The van der Waals surface area contributed by atoms with Gasteiger partial charge in [0.1, 0.15) is 5.82 Å². The largest absolute Gasteiger partial charge is 0.463 e. The van der Waals surface area contributed by atoms with E-state index in [0.717, 1.165) is 0 Å².